The predicted octanol–water partition coefficient (Wildman–Crippen LogP) is 3.31. The average molecular weight is 282 g/mol. The minimum absolute atomic E-state index is 0.289. The van der Waals surface area contributed by atoms with Crippen molar-refractivity contribution in [2.24, 2.45) is 0 Å². The molecule has 5 heteroatoms. The highest BCUT2D eigenvalue weighted by molar-refractivity contribution is 9.10. The van der Waals surface area contributed by atoms with Crippen molar-refractivity contribution >= 4 is 33.1 Å². The van der Waals surface area contributed by atoms with Crippen molar-refractivity contribution in [3.05, 3.63) is 46.8 Å². The van der Waals surface area contributed by atoms with E-state index in [-0.39, 0.29) is 5.82 Å². The van der Waals surface area contributed by atoms with Crippen LogP contribution in [0.4, 0.5) is 21.6 Å². The van der Waals surface area contributed by atoms with Gasteiger partial charge in [-0.15, -0.1) is 0 Å². The quantitative estimate of drug-likeness (QED) is 0.888. The van der Waals surface area contributed by atoms with Crippen molar-refractivity contribution in [3.63, 3.8) is 0 Å². The molecule has 0 aliphatic rings. The summed E-state index contributed by atoms with van der Waals surface area (Å²) >= 11 is 3.26. The molecule has 16 heavy (non-hydrogen) atoms. The zero-order valence-corrected chi connectivity index (χ0v) is 9.83. The lowest BCUT2D eigenvalue weighted by Gasteiger charge is -2.07. The van der Waals surface area contributed by atoms with Gasteiger partial charge in [0, 0.05) is 4.47 Å². The number of hydrogen-bond acceptors (Lipinski definition) is 3. The first kappa shape index (κ1) is 10.9. The van der Waals surface area contributed by atoms with Gasteiger partial charge >= 0.3 is 0 Å². The minimum Gasteiger partial charge on any atom is -0.397 e. The van der Waals surface area contributed by atoms with E-state index < -0.39 is 0 Å². The maximum absolute atomic E-state index is 12.8. The van der Waals surface area contributed by atoms with Crippen LogP contribution < -0.4 is 11.1 Å². The van der Waals surface area contributed by atoms with E-state index in [0.29, 0.717) is 16.0 Å². The summed E-state index contributed by atoms with van der Waals surface area (Å²) in [5, 5.41) is 3.05. The molecule has 1 heterocycles. The van der Waals surface area contributed by atoms with Crippen molar-refractivity contribution in [2.75, 3.05) is 11.1 Å². The highest BCUT2D eigenvalue weighted by Gasteiger charge is 2.02. The third-order valence-electron chi connectivity index (χ3n) is 1.98. The van der Waals surface area contributed by atoms with E-state index in [4.69, 9.17) is 5.73 Å². The first-order valence-corrected chi connectivity index (χ1v) is 5.38. The van der Waals surface area contributed by atoms with Gasteiger partial charge in [0.25, 0.3) is 0 Å². The summed E-state index contributed by atoms with van der Waals surface area (Å²) in [7, 11) is 0. The van der Waals surface area contributed by atoms with E-state index in [2.05, 4.69) is 26.2 Å². The number of nitrogens with one attached hydrogen (secondary N) is 1. The summed E-state index contributed by atoms with van der Waals surface area (Å²) < 4.78 is 13.5. The summed E-state index contributed by atoms with van der Waals surface area (Å²) in [6.07, 6.45) is 1.56. The first-order chi connectivity index (χ1) is 7.65. The van der Waals surface area contributed by atoms with Crippen LogP contribution in [-0.4, -0.2) is 4.98 Å². The Hall–Kier alpha value is -1.62. The van der Waals surface area contributed by atoms with Crippen molar-refractivity contribution in [1.29, 1.82) is 0 Å². The number of benzene rings is 1. The maximum atomic E-state index is 12.8. The SMILES string of the molecule is Nc1ccc(Nc2ccc(F)cc2Br)nc1. The molecule has 0 spiro atoms. The molecular weight excluding hydrogens is 273 g/mol. The van der Waals surface area contributed by atoms with Gasteiger partial charge in [-0.2, -0.15) is 0 Å². The fourth-order valence-electron chi connectivity index (χ4n) is 1.21. The molecule has 0 aliphatic heterocycles. The molecule has 0 fully saturated rings. The van der Waals surface area contributed by atoms with Gasteiger partial charge in [-0.05, 0) is 46.3 Å². The Bertz CT molecular complexity index is 499. The molecule has 82 valence electrons. The normalized spacial score (nSPS) is 10.1. The van der Waals surface area contributed by atoms with E-state index >= 15 is 0 Å². The van der Waals surface area contributed by atoms with Crippen molar-refractivity contribution in [3.8, 4) is 0 Å². The van der Waals surface area contributed by atoms with Gasteiger partial charge in [0.05, 0.1) is 17.6 Å². The predicted molar refractivity (Wildman–Crippen MR) is 66.0 cm³/mol. The average Bonchev–Trinajstić information content (AvgIpc) is 2.25. The van der Waals surface area contributed by atoms with Crippen LogP contribution in [-0.2, 0) is 0 Å². The zero-order chi connectivity index (χ0) is 11.5. The standard InChI is InChI=1S/C11H9BrFN3/c12-9-5-7(13)1-3-10(9)16-11-4-2-8(14)6-15-11/h1-6H,14H2,(H,15,16). The summed E-state index contributed by atoms with van der Waals surface area (Å²) in [5.74, 6) is 0.365. The summed E-state index contributed by atoms with van der Waals surface area (Å²) in [4.78, 5) is 4.09. The molecule has 1 aromatic carbocycles. The largest absolute Gasteiger partial charge is 0.397 e. The van der Waals surface area contributed by atoms with Gasteiger partial charge in [0.15, 0.2) is 0 Å². The molecule has 2 aromatic rings. The molecule has 0 saturated heterocycles. The van der Waals surface area contributed by atoms with Gasteiger partial charge < -0.3 is 11.1 Å². The Kier molecular flexibility index (Phi) is 3.05. The van der Waals surface area contributed by atoms with Crippen LogP contribution in [0.25, 0.3) is 0 Å². The number of pyridine rings is 1. The lowest BCUT2D eigenvalue weighted by Crippen LogP contribution is -1.95. The van der Waals surface area contributed by atoms with Gasteiger partial charge in [-0.25, -0.2) is 9.37 Å². The smallest absolute Gasteiger partial charge is 0.130 e. The summed E-state index contributed by atoms with van der Waals surface area (Å²) in [6.45, 7) is 0. The number of nitrogens with two attached hydrogens (primary N) is 1. The zero-order valence-electron chi connectivity index (χ0n) is 8.24. The second kappa shape index (κ2) is 4.49. The fourth-order valence-corrected chi connectivity index (χ4v) is 1.66. The molecular formula is C11H9BrFN3. The number of hydrogen-bond donors (Lipinski definition) is 2. The molecule has 0 aliphatic carbocycles. The molecule has 0 saturated carbocycles. The highest BCUT2D eigenvalue weighted by Crippen LogP contribution is 2.25. The van der Waals surface area contributed by atoms with Gasteiger partial charge in [0.2, 0.25) is 0 Å². The highest BCUT2D eigenvalue weighted by atomic mass is 79.9. The number of nitrogens with zero attached hydrogens (tertiary/aromatic N) is 1. The van der Waals surface area contributed by atoms with E-state index in [1.54, 1.807) is 24.4 Å². The van der Waals surface area contributed by atoms with E-state index in [1.165, 1.54) is 12.1 Å². The van der Waals surface area contributed by atoms with Gasteiger partial charge in [-0.1, -0.05) is 0 Å². The van der Waals surface area contributed by atoms with Gasteiger partial charge in [-0.3, -0.25) is 0 Å². The Labute approximate surface area is 101 Å². The molecule has 3 N–H and O–H groups in total. The molecule has 3 nitrogen and oxygen atoms in total. The Morgan fingerprint density at radius 2 is 2.06 bits per heavy atom. The van der Waals surface area contributed by atoms with Crippen LogP contribution in [0, 0.1) is 5.82 Å². The second-order valence-electron chi connectivity index (χ2n) is 3.23. The van der Waals surface area contributed by atoms with Crippen LogP contribution in [0.3, 0.4) is 0 Å². The number of nitrogen functional groups attached to an aromatic ring is 1. The second-order valence-corrected chi connectivity index (χ2v) is 4.08. The monoisotopic (exact) mass is 281 g/mol. The lowest BCUT2D eigenvalue weighted by molar-refractivity contribution is 0.627. The van der Waals surface area contributed by atoms with Crippen LogP contribution >= 0.6 is 15.9 Å². The summed E-state index contributed by atoms with van der Waals surface area (Å²) in [5.41, 5.74) is 6.87. The van der Waals surface area contributed by atoms with Gasteiger partial charge in [0.1, 0.15) is 11.6 Å². The lowest BCUT2D eigenvalue weighted by atomic mass is 10.3. The van der Waals surface area contributed by atoms with Crippen LogP contribution in [0.15, 0.2) is 41.0 Å². The topological polar surface area (TPSA) is 50.9 Å². The molecule has 2 rings (SSSR count). The molecule has 0 amide bonds. The molecule has 1 aromatic heterocycles. The summed E-state index contributed by atoms with van der Waals surface area (Å²) in [6, 6.07) is 7.90. The Morgan fingerprint density at radius 3 is 2.69 bits per heavy atom. The minimum atomic E-state index is -0.289. The first-order valence-electron chi connectivity index (χ1n) is 4.59. The molecule has 0 radical (unpaired) electrons. The Morgan fingerprint density at radius 1 is 1.25 bits per heavy atom. The van der Waals surface area contributed by atoms with E-state index in [0.717, 1.165) is 5.69 Å². The molecule has 0 atom stereocenters. The number of rotatable bonds is 2. The number of aromatic nitrogens is 1. The number of anilines is 3. The van der Waals surface area contributed by atoms with Crippen LogP contribution in [0.5, 0.6) is 0 Å². The van der Waals surface area contributed by atoms with Crippen LogP contribution in [0.1, 0.15) is 0 Å². The fraction of sp³-hybridized carbons (Fsp3) is 0. The number of halogens is 2. The molecule has 0 bridgehead atoms. The van der Waals surface area contributed by atoms with Crippen molar-refractivity contribution in [2.45, 2.75) is 0 Å². The van der Waals surface area contributed by atoms with Crippen molar-refractivity contribution in [1.82, 2.24) is 4.98 Å². The molecule has 0 unspecified atom stereocenters. The Balaban J connectivity index is 2.23. The third-order valence-corrected chi connectivity index (χ3v) is 2.64. The third kappa shape index (κ3) is 2.49. The van der Waals surface area contributed by atoms with Crippen LogP contribution in [0.2, 0.25) is 0 Å². The maximum Gasteiger partial charge on any atom is 0.130 e. The van der Waals surface area contributed by atoms with Crippen molar-refractivity contribution < 1.29 is 4.39 Å². The van der Waals surface area contributed by atoms with E-state index in [9.17, 15) is 4.39 Å². The van der Waals surface area contributed by atoms with E-state index in [1.807, 2.05) is 0 Å².